The van der Waals surface area contributed by atoms with Crippen molar-refractivity contribution in [2.24, 2.45) is 0 Å². The van der Waals surface area contributed by atoms with Gasteiger partial charge in [-0.05, 0) is 43.2 Å². The number of nitrogens with zero attached hydrogens (tertiary/aromatic N) is 3. The van der Waals surface area contributed by atoms with Gasteiger partial charge in [-0.1, -0.05) is 23.7 Å². The van der Waals surface area contributed by atoms with E-state index in [4.69, 9.17) is 11.6 Å². The number of benzene rings is 2. The van der Waals surface area contributed by atoms with Crippen LogP contribution in [-0.2, 0) is 11.2 Å². The number of anilines is 3. The van der Waals surface area contributed by atoms with Crippen molar-refractivity contribution in [3.05, 3.63) is 58.7 Å². The molecule has 0 spiro atoms. The van der Waals surface area contributed by atoms with Gasteiger partial charge in [-0.2, -0.15) is 5.26 Å². The number of fused-ring (bicyclic) bond motifs is 2. The highest BCUT2D eigenvalue weighted by Gasteiger charge is 2.23. The highest BCUT2D eigenvalue weighted by atomic mass is 35.5. The number of amides is 1. The van der Waals surface area contributed by atoms with E-state index in [1.807, 2.05) is 42.2 Å². The molecule has 2 heterocycles. The summed E-state index contributed by atoms with van der Waals surface area (Å²) in [5.41, 5.74) is 4.74. The lowest BCUT2D eigenvalue weighted by molar-refractivity contribution is -0.118. The van der Waals surface area contributed by atoms with Crippen LogP contribution in [-0.4, -0.2) is 17.4 Å². The van der Waals surface area contributed by atoms with Crippen LogP contribution in [0.5, 0.6) is 0 Å². The third kappa shape index (κ3) is 2.98. The molecule has 1 aromatic heterocycles. The van der Waals surface area contributed by atoms with Crippen molar-refractivity contribution in [1.82, 2.24) is 4.98 Å². The van der Waals surface area contributed by atoms with E-state index in [9.17, 15) is 10.1 Å². The van der Waals surface area contributed by atoms with Crippen LogP contribution < -0.4 is 10.2 Å². The van der Waals surface area contributed by atoms with Crippen LogP contribution in [0.15, 0.2) is 42.6 Å². The fraction of sp³-hybridized carbons (Fsp3) is 0.190. The van der Waals surface area contributed by atoms with Gasteiger partial charge in [0.25, 0.3) is 0 Å². The van der Waals surface area contributed by atoms with Gasteiger partial charge >= 0.3 is 0 Å². The quantitative estimate of drug-likeness (QED) is 0.712. The highest BCUT2D eigenvalue weighted by Crippen LogP contribution is 2.35. The SMILES string of the molecule is CCN1C(=O)CCc2cc(Nc3c(C#N)cnc4c(Cl)cccc34)ccc21. The van der Waals surface area contributed by atoms with Crippen LogP contribution in [0.3, 0.4) is 0 Å². The Morgan fingerprint density at radius 3 is 2.93 bits per heavy atom. The molecule has 1 N–H and O–H groups in total. The number of carbonyl (C=O) groups is 1. The third-order valence-electron chi connectivity index (χ3n) is 4.83. The highest BCUT2D eigenvalue weighted by molar-refractivity contribution is 6.35. The second-order valence-corrected chi connectivity index (χ2v) is 6.81. The molecule has 134 valence electrons. The summed E-state index contributed by atoms with van der Waals surface area (Å²) in [6, 6.07) is 13.6. The normalized spacial score (nSPS) is 13.4. The molecule has 27 heavy (non-hydrogen) atoms. The van der Waals surface area contributed by atoms with E-state index in [0.29, 0.717) is 41.2 Å². The number of hydrogen-bond donors (Lipinski definition) is 1. The number of carbonyl (C=O) groups excluding carboxylic acids is 1. The number of pyridine rings is 1. The summed E-state index contributed by atoms with van der Waals surface area (Å²) in [4.78, 5) is 18.2. The molecule has 0 aliphatic carbocycles. The van der Waals surface area contributed by atoms with Crippen LogP contribution in [0.4, 0.5) is 17.1 Å². The molecular weight excluding hydrogens is 360 g/mol. The lowest BCUT2D eigenvalue weighted by Crippen LogP contribution is -2.34. The van der Waals surface area contributed by atoms with E-state index in [1.54, 1.807) is 6.07 Å². The van der Waals surface area contributed by atoms with Crippen LogP contribution in [0, 0.1) is 11.3 Å². The molecule has 0 saturated carbocycles. The van der Waals surface area contributed by atoms with E-state index >= 15 is 0 Å². The first-order chi connectivity index (χ1) is 13.1. The zero-order valence-corrected chi connectivity index (χ0v) is 15.5. The number of aryl methyl sites for hydroxylation is 1. The van der Waals surface area contributed by atoms with Gasteiger partial charge in [-0.3, -0.25) is 9.78 Å². The van der Waals surface area contributed by atoms with Crippen molar-refractivity contribution >= 4 is 45.5 Å². The van der Waals surface area contributed by atoms with Crippen molar-refractivity contribution < 1.29 is 4.79 Å². The lowest BCUT2D eigenvalue weighted by atomic mass is 10.00. The Hall–Kier alpha value is -3.10. The molecule has 1 amide bonds. The summed E-state index contributed by atoms with van der Waals surface area (Å²) in [6.07, 6.45) is 2.77. The molecule has 5 nitrogen and oxygen atoms in total. The minimum Gasteiger partial charge on any atom is -0.354 e. The van der Waals surface area contributed by atoms with Crippen molar-refractivity contribution in [3.8, 4) is 6.07 Å². The minimum atomic E-state index is 0.159. The second-order valence-electron chi connectivity index (χ2n) is 6.40. The Morgan fingerprint density at radius 2 is 2.15 bits per heavy atom. The zero-order valence-electron chi connectivity index (χ0n) is 14.8. The van der Waals surface area contributed by atoms with Crippen LogP contribution >= 0.6 is 11.6 Å². The number of rotatable bonds is 3. The van der Waals surface area contributed by atoms with Crippen LogP contribution in [0.1, 0.15) is 24.5 Å². The standard InChI is InChI=1S/C21H17ClN4O/c1-2-26-18-8-7-15(10-13(18)6-9-19(26)27)25-20-14(11-23)12-24-21-16(20)4-3-5-17(21)22/h3-5,7-8,10,12H,2,6,9H2,1H3,(H,24,25). The number of hydrogen-bond acceptors (Lipinski definition) is 4. The largest absolute Gasteiger partial charge is 0.354 e. The van der Waals surface area contributed by atoms with Gasteiger partial charge in [0.15, 0.2) is 0 Å². The topological polar surface area (TPSA) is 69.0 Å². The molecule has 4 rings (SSSR count). The molecule has 0 fully saturated rings. The molecule has 1 aliphatic heterocycles. The van der Waals surface area contributed by atoms with Gasteiger partial charge < -0.3 is 10.2 Å². The smallest absolute Gasteiger partial charge is 0.227 e. The Kier molecular flexibility index (Phi) is 4.43. The monoisotopic (exact) mass is 376 g/mol. The van der Waals surface area contributed by atoms with Crippen LogP contribution in [0.25, 0.3) is 10.9 Å². The van der Waals surface area contributed by atoms with Crippen molar-refractivity contribution in [2.75, 3.05) is 16.8 Å². The molecule has 3 aromatic rings. The number of para-hydroxylation sites is 1. The Bertz CT molecular complexity index is 1100. The summed E-state index contributed by atoms with van der Waals surface area (Å²) in [7, 11) is 0. The molecule has 0 radical (unpaired) electrons. The average molecular weight is 377 g/mol. The second kappa shape index (κ2) is 6.90. The summed E-state index contributed by atoms with van der Waals surface area (Å²) in [5.74, 6) is 0.159. The van der Waals surface area contributed by atoms with Crippen molar-refractivity contribution in [1.29, 1.82) is 5.26 Å². The summed E-state index contributed by atoms with van der Waals surface area (Å²) >= 11 is 6.26. The summed E-state index contributed by atoms with van der Waals surface area (Å²) in [5, 5.41) is 14.2. The minimum absolute atomic E-state index is 0.159. The molecule has 0 atom stereocenters. The van der Waals surface area contributed by atoms with E-state index in [-0.39, 0.29) is 5.91 Å². The fourth-order valence-electron chi connectivity index (χ4n) is 3.54. The molecule has 0 bridgehead atoms. The molecule has 0 saturated heterocycles. The molecule has 0 unspecified atom stereocenters. The first-order valence-electron chi connectivity index (χ1n) is 8.80. The third-order valence-corrected chi connectivity index (χ3v) is 5.14. The first-order valence-corrected chi connectivity index (χ1v) is 9.17. The lowest BCUT2D eigenvalue weighted by Gasteiger charge is -2.28. The van der Waals surface area contributed by atoms with Gasteiger partial charge in [0, 0.05) is 35.9 Å². The zero-order chi connectivity index (χ0) is 19.0. The maximum absolute atomic E-state index is 12.1. The van der Waals surface area contributed by atoms with Crippen LogP contribution in [0.2, 0.25) is 5.02 Å². The van der Waals surface area contributed by atoms with Gasteiger partial charge in [0.05, 0.1) is 21.8 Å². The average Bonchev–Trinajstić information content (AvgIpc) is 2.68. The van der Waals surface area contributed by atoms with Gasteiger partial charge in [0.1, 0.15) is 6.07 Å². The fourth-order valence-corrected chi connectivity index (χ4v) is 3.76. The molecular formula is C21H17ClN4O. The maximum atomic E-state index is 12.1. The Labute approximate surface area is 162 Å². The van der Waals surface area contributed by atoms with Gasteiger partial charge in [-0.15, -0.1) is 0 Å². The number of aromatic nitrogens is 1. The molecule has 1 aliphatic rings. The van der Waals surface area contributed by atoms with Crippen molar-refractivity contribution in [2.45, 2.75) is 19.8 Å². The van der Waals surface area contributed by atoms with E-state index in [0.717, 1.165) is 22.3 Å². The van der Waals surface area contributed by atoms with E-state index in [1.165, 1.54) is 6.20 Å². The predicted octanol–water partition coefficient (Wildman–Crippen LogP) is 4.80. The summed E-state index contributed by atoms with van der Waals surface area (Å²) < 4.78 is 0. The van der Waals surface area contributed by atoms with E-state index in [2.05, 4.69) is 16.4 Å². The van der Waals surface area contributed by atoms with Crippen molar-refractivity contribution in [3.63, 3.8) is 0 Å². The number of halogens is 1. The predicted molar refractivity (Wildman–Crippen MR) is 108 cm³/mol. The van der Waals surface area contributed by atoms with E-state index < -0.39 is 0 Å². The number of nitrogens with one attached hydrogen (secondary N) is 1. The Balaban J connectivity index is 1.79. The first kappa shape index (κ1) is 17.3. The number of nitriles is 1. The molecule has 6 heteroatoms. The maximum Gasteiger partial charge on any atom is 0.227 e. The molecule has 2 aromatic carbocycles. The van der Waals surface area contributed by atoms with Gasteiger partial charge in [-0.25, -0.2) is 0 Å². The summed E-state index contributed by atoms with van der Waals surface area (Å²) in [6.45, 7) is 2.63. The Morgan fingerprint density at radius 1 is 1.30 bits per heavy atom. The van der Waals surface area contributed by atoms with Gasteiger partial charge in [0.2, 0.25) is 5.91 Å².